The summed E-state index contributed by atoms with van der Waals surface area (Å²) in [5.74, 6) is -0.685. The number of nitrogens with one attached hydrogen (secondary N) is 1. The van der Waals surface area contributed by atoms with Crippen LogP contribution >= 0.6 is 0 Å². The Morgan fingerprint density at radius 2 is 1.62 bits per heavy atom. The molecule has 5 nitrogen and oxygen atoms in total. The van der Waals surface area contributed by atoms with Crippen molar-refractivity contribution in [3.05, 3.63) is 35.9 Å². The van der Waals surface area contributed by atoms with Gasteiger partial charge in [-0.15, -0.1) is 0 Å². The normalized spacial score (nSPS) is 15.6. The Labute approximate surface area is 127 Å². The van der Waals surface area contributed by atoms with Crippen LogP contribution in [0.5, 0.6) is 0 Å². The third kappa shape index (κ3) is 5.76. The van der Waals surface area contributed by atoms with E-state index in [4.69, 9.17) is 0 Å². The molecule has 0 aliphatic carbocycles. The van der Waals surface area contributed by atoms with Gasteiger partial charge in [-0.05, 0) is 19.0 Å². The van der Waals surface area contributed by atoms with Gasteiger partial charge in [0.05, 0.1) is 16.8 Å². The van der Waals surface area contributed by atoms with Gasteiger partial charge in [0.25, 0.3) is 0 Å². The summed E-state index contributed by atoms with van der Waals surface area (Å²) in [4.78, 5) is 0. The molecule has 1 rings (SSSR count). The smallest absolute Gasteiger partial charge is 0.155 e. The molecule has 1 aromatic carbocycles. The van der Waals surface area contributed by atoms with Gasteiger partial charge < -0.3 is 5.32 Å². The van der Waals surface area contributed by atoms with Crippen molar-refractivity contribution < 1.29 is 16.8 Å². The lowest BCUT2D eigenvalue weighted by Crippen LogP contribution is -2.37. The molecule has 0 saturated heterocycles. The Balaban J connectivity index is 2.98. The van der Waals surface area contributed by atoms with E-state index in [1.165, 1.54) is 0 Å². The number of hydrogen-bond donors (Lipinski definition) is 1. The average molecular weight is 333 g/mol. The Morgan fingerprint density at radius 1 is 1.05 bits per heavy atom. The van der Waals surface area contributed by atoms with E-state index in [1.54, 1.807) is 6.92 Å². The molecular weight excluding hydrogens is 310 g/mol. The van der Waals surface area contributed by atoms with Crippen LogP contribution in [-0.4, -0.2) is 46.4 Å². The standard InChI is InChI=1S/C14H23NO4S2/c1-4-15-14(13-8-6-5-7-9-13)12(2)21(18,19)11-10-20(3,16)17/h5-9,12,14-15H,4,10-11H2,1-3H3. The first-order valence-corrected chi connectivity index (χ1v) is 10.6. The molecule has 7 heteroatoms. The molecule has 0 spiro atoms. The Bertz CT molecular complexity index is 639. The number of rotatable bonds is 8. The van der Waals surface area contributed by atoms with Crippen molar-refractivity contribution in [1.82, 2.24) is 5.32 Å². The number of benzene rings is 1. The van der Waals surface area contributed by atoms with Crippen molar-refractivity contribution in [2.24, 2.45) is 0 Å². The number of sulfone groups is 2. The predicted octanol–water partition coefficient (Wildman–Crippen LogP) is 1.19. The summed E-state index contributed by atoms with van der Waals surface area (Å²) in [6.07, 6.45) is 1.05. The Hall–Kier alpha value is -0.920. The summed E-state index contributed by atoms with van der Waals surface area (Å²) in [7, 11) is -6.80. The van der Waals surface area contributed by atoms with Crippen molar-refractivity contribution in [2.75, 3.05) is 24.3 Å². The minimum Gasteiger partial charge on any atom is -0.309 e. The molecule has 120 valence electrons. The van der Waals surface area contributed by atoms with Crippen LogP contribution in [0.15, 0.2) is 30.3 Å². The lowest BCUT2D eigenvalue weighted by molar-refractivity contribution is 0.510. The Kier molecular flexibility index (Phi) is 6.37. The molecule has 0 radical (unpaired) electrons. The zero-order valence-corrected chi connectivity index (χ0v) is 14.2. The highest BCUT2D eigenvalue weighted by atomic mass is 32.2. The summed E-state index contributed by atoms with van der Waals surface area (Å²) in [6, 6.07) is 8.98. The molecule has 0 saturated carbocycles. The van der Waals surface area contributed by atoms with Crippen molar-refractivity contribution in [2.45, 2.75) is 25.1 Å². The third-order valence-electron chi connectivity index (χ3n) is 3.36. The summed E-state index contributed by atoms with van der Waals surface area (Å²) >= 11 is 0. The molecule has 2 unspecified atom stereocenters. The third-order valence-corrected chi connectivity index (χ3v) is 6.74. The van der Waals surface area contributed by atoms with E-state index in [9.17, 15) is 16.8 Å². The fourth-order valence-electron chi connectivity index (χ4n) is 2.10. The van der Waals surface area contributed by atoms with Gasteiger partial charge in [-0.3, -0.25) is 0 Å². The van der Waals surface area contributed by atoms with Crippen molar-refractivity contribution in [3.63, 3.8) is 0 Å². The van der Waals surface area contributed by atoms with Crippen LogP contribution in [0.25, 0.3) is 0 Å². The molecule has 1 N–H and O–H groups in total. The van der Waals surface area contributed by atoms with Gasteiger partial charge in [0.15, 0.2) is 9.84 Å². The fraction of sp³-hybridized carbons (Fsp3) is 0.571. The SMILES string of the molecule is CCNC(c1ccccc1)C(C)S(=O)(=O)CCS(C)(=O)=O. The first-order valence-electron chi connectivity index (χ1n) is 6.85. The molecule has 0 bridgehead atoms. The van der Waals surface area contributed by atoms with E-state index in [0.717, 1.165) is 11.8 Å². The maximum absolute atomic E-state index is 12.4. The minimum atomic E-state index is -3.50. The maximum Gasteiger partial charge on any atom is 0.155 e. The molecule has 0 aliphatic rings. The van der Waals surface area contributed by atoms with E-state index in [1.807, 2.05) is 37.3 Å². The van der Waals surface area contributed by atoms with Crippen molar-refractivity contribution >= 4 is 19.7 Å². The second-order valence-corrected chi connectivity index (χ2v) is 9.89. The molecule has 0 heterocycles. The first-order chi connectivity index (χ1) is 9.67. The summed E-state index contributed by atoms with van der Waals surface area (Å²) < 4.78 is 47.1. The van der Waals surface area contributed by atoms with Crippen LogP contribution < -0.4 is 5.32 Å². The van der Waals surface area contributed by atoms with Gasteiger partial charge in [-0.25, -0.2) is 16.8 Å². The monoisotopic (exact) mass is 333 g/mol. The summed E-state index contributed by atoms with van der Waals surface area (Å²) in [5.41, 5.74) is 0.884. The van der Waals surface area contributed by atoms with E-state index < -0.39 is 24.9 Å². The molecule has 1 aromatic rings. The predicted molar refractivity (Wildman–Crippen MR) is 85.8 cm³/mol. The van der Waals surface area contributed by atoms with E-state index in [-0.39, 0.29) is 17.5 Å². The lowest BCUT2D eigenvalue weighted by atomic mass is 10.0. The van der Waals surface area contributed by atoms with E-state index in [2.05, 4.69) is 5.32 Å². The largest absolute Gasteiger partial charge is 0.309 e. The fourth-order valence-corrected chi connectivity index (χ4v) is 5.28. The minimum absolute atomic E-state index is 0.340. The van der Waals surface area contributed by atoms with E-state index in [0.29, 0.717) is 6.54 Å². The highest BCUT2D eigenvalue weighted by Gasteiger charge is 2.30. The molecule has 0 aromatic heterocycles. The molecule has 2 atom stereocenters. The topological polar surface area (TPSA) is 80.3 Å². The van der Waals surface area contributed by atoms with Crippen LogP contribution in [0.3, 0.4) is 0 Å². The van der Waals surface area contributed by atoms with Gasteiger partial charge >= 0.3 is 0 Å². The zero-order chi connectivity index (χ0) is 16.1. The summed E-state index contributed by atoms with van der Waals surface area (Å²) in [5, 5.41) is 2.48. The van der Waals surface area contributed by atoms with Crippen LogP contribution in [-0.2, 0) is 19.7 Å². The van der Waals surface area contributed by atoms with Crippen molar-refractivity contribution in [3.8, 4) is 0 Å². The number of hydrogen-bond acceptors (Lipinski definition) is 5. The van der Waals surface area contributed by atoms with Gasteiger partial charge in [0.1, 0.15) is 9.84 Å². The molecule has 0 aliphatic heterocycles. The highest BCUT2D eigenvalue weighted by molar-refractivity contribution is 7.95. The van der Waals surface area contributed by atoms with Gasteiger partial charge in [0.2, 0.25) is 0 Å². The molecule has 0 fully saturated rings. The van der Waals surface area contributed by atoms with E-state index >= 15 is 0 Å². The van der Waals surface area contributed by atoms with Crippen molar-refractivity contribution in [1.29, 1.82) is 0 Å². The van der Waals surface area contributed by atoms with Crippen LogP contribution in [0.2, 0.25) is 0 Å². The second kappa shape index (κ2) is 7.38. The highest BCUT2D eigenvalue weighted by Crippen LogP contribution is 2.22. The average Bonchev–Trinajstić information content (AvgIpc) is 2.42. The van der Waals surface area contributed by atoms with Crippen LogP contribution in [0.4, 0.5) is 0 Å². The molecular formula is C14H23NO4S2. The Morgan fingerprint density at radius 3 is 2.10 bits per heavy atom. The van der Waals surface area contributed by atoms with Crippen LogP contribution in [0.1, 0.15) is 25.5 Å². The first kappa shape index (κ1) is 18.1. The van der Waals surface area contributed by atoms with Crippen LogP contribution in [0, 0.1) is 0 Å². The molecule has 21 heavy (non-hydrogen) atoms. The molecule has 0 amide bonds. The maximum atomic E-state index is 12.4. The zero-order valence-electron chi connectivity index (χ0n) is 12.6. The van der Waals surface area contributed by atoms with Gasteiger partial charge in [-0.2, -0.15) is 0 Å². The van der Waals surface area contributed by atoms with Gasteiger partial charge in [0, 0.05) is 12.3 Å². The van der Waals surface area contributed by atoms with Gasteiger partial charge in [-0.1, -0.05) is 37.3 Å². The quantitative estimate of drug-likeness (QED) is 0.773. The lowest BCUT2D eigenvalue weighted by Gasteiger charge is -2.25. The second-order valence-electron chi connectivity index (χ2n) is 5.15. The summed E-state index contributed by atoms with van der Waals surface area (Å²) in [6.45, 7) is 4.16.